The summed E-state index contributed by atoms with van der Waals surface area (Å²) in [6.07, 6.45) is 7.64. The van der Waals surface area contributed by atoms with Crippen molar-refractivity contribution in [1.29, 1.82) is 0 Å². The molecule has 2 unspecified atom stereocenters. The summed E-state index contributed by atoms with van der Waals surface area (Å²) in [5.41, 5.74) is 2.54. The van der Waals surface area contributed by atoms with E-state index in [2.05, 4.69) is 51.5 Å². The standard InChI is InChI=1S/C26H37N5O3/c1-19(18-33-3)30(2)23-14-15-31(17-23)22-11-8-20(9-12-22)28-26(32)29-21-10-13-25(27-16-21)34-24-6-4-5-7-24/h8-13,16,19,23-24H,4-7,14-15,17-18H2,1-3H3,(H2,28,29,32). The maximum absolute atomic E-state index is 12.4. The van der Waals surface area contributed by atoms with Gasteiger partial charge in [0, 0.05) is 49.7 Å². The number of hydrogen-bond donors (Lipinski definition) is 2. The Morgan fingerprint density at radius 3 is 2.50 bits per heavy atom. The van der Waals surface area contributed by atoms with Gasteiger partial charge in [-0.3, -0.25) is 4.90 Å². The predicted octanol–water partition coefficient (Wildman–Crippen LogP) is 4.59. The van der Waals surface area contributed by atoms with Crippen LogP contribution in [0.5, 0.6) is 5.88 Å². The molecule has 34 heavy (non-hydrogen) atoms. The molecule has 1 aliphatic carbocycles. The minimum atomic E-state index is -0.297. The van der Waals surface area contributed by atoms with Gasteiger partial charge in [-0.1, -0.05) is 0 Å². The minimum absolute atomic E-state index is 0.268. The van der Waals surface area contributed by atoms with Gasteiger partial charge in [-0.25, -0.2) is 9.78 Å². The summed E-state index contributed by atoms with van der Waals surface area (Å²) in [4.78, 5) is 21.5. The largest absolute Gasteiger partial charge is 0.474 e. The molecule has 4 rings (SSSR count). The second kappa shape index (κ2) is 11.5. The number of nitrogens with one attached hydrogen (secondary N) is 2. The molecule has 1 saturated heterocycles. The van der Waals surface area contributed by atoms with Crippen LogP contribution < -0.4 is 20.3 Å². The minimum Gasteiger partial charge on any atom is -0.474 e. The highest BCUT2D eigenvalue weighted by atomic mass is 16.5. The van der Waals surface area contributed by atoms with Gasteiger partial charge in [0.15, 0.2) is 0 Å². The molecule has 1 saturated carbocycles. The number of carbonyl (C=O) groups is 1. The average molecular weight is 468 g/mol. The Labute approximate surface area is 202 Å². The van der Waals surface area contributed by atoms with E-state index in [1.807, 2.05) is 18.2 Å². The average Bonchev–Trinajstić information content (AvgIpc) is 3.53. The topological polar surface area (TPSA) is 79.0 Å². The lowest BCUT2D eigenvalue weighted by Crippen LogP contribution is -2.42. The van der Waals surface area contributed by atoms with Crippen molar-refractivity contribution in [3.05, 3.63) is 42.6 Å². The molecule has 0 spiro atoms. The van der Waals surface area contributed by atoms with Gasteiger partial charge in [0.05, 0.1) is 18.5 Å². The SMILES string of the molecule is COCC(C)N(C)C1CCN(c2ccc(NC(=O)Nc3ccc(OC4CCCC4)nc3)cc2)C1. The number of hydrogen-bond acceptors (Lipinski definition) is 6. The van der Waals surface area contributed by atoms with E-state index in [4.69, 9.17) is 9.47 Å². The maximum atomic E-state index is 12.4. The number of urea groups is 1. The van der Waals surface area contributed by atoms with Gasteiger partial charge in [0.2, 0.25) is 5.88 Å². The molecule has 8 heteroatoms. The molecule has 2 atom stereocenters. The number of benzene rings is 1. The fourth-order valence-electron chi connectivity index (χ4n) is 4.78. The number of pyridine rings is 1. The van der Waals surface area contributed by atoms with E-state index in [0.717, 1.165) is 44.6 Å². The van der Waals surface area contributed by atoms with Crippen molar-refractivity contribution in [2.45, 2.75) is 57.2 Å². The van der Waals surface area contributed by atoms with Gasteiger partial charge in [0.1, 0.15) is 6.10 Å². The van der Waals surface area contributed by atoms with Crippen molar-refractivity contribution in [2.75, 3.05) is 49.4 Å². The molecule has 2 N–H and O–H groups in total. The van der Waals surface area contributed by atoms with E-state index >= 15 is 0 Å². The molecule has 2 amide bonds. The summed E-state index contributed by atoms with van der Waals surface area (Å²) in [5, 5.41) is 5.71. The van der Waals surface area contributed by atoms with E-state index in [1.54, 1.807) is 19.4 Å². The lowest BCUT2D eigenvalue weighted by Gasteiger charge is -2.30. The van der Waals surface area contributed by atoms with Gasteiger partial charge in [0.25, 0.3) is 0 Å². The van der Waals surface area contributed by atoms with Gasteiger partial charge >= 0.3 is 6.03 Å². The Balaban J connectivity index is 1.24. The maximum Gasteiger partial charge on any atom is 0.323 e. The summed E-state index contributed by atoms with van der Waals surface area (Å²) in [5.74, 6) is 0.608. The van der Waals surface area contributed by atoms with E-state index in [9.17, 15) is 4.79 Å². The zero-order valence-electron chi connectivity index (χ0n) is 20.5. The number of anilines is 3. The van der Waals surface area contributed by atoms with Crippen molar-refractivity contribution >= 4 is 23.1 Å². The zero-order valence-corrected chi connectivity index (χ0v) is 20.5. The van der Waals surface area contributed by atoms with Gasteiger partial charge in [-0.2, -0.15) is 0 Å². The van der Waals surface area contributed by atoms with E-state index in [-0.39, 0.29) is 12.1 Å². The van der Waals surface area contributed by atoms with Crippen molar-refractivity contribution in [1.82, 2.24) is 9.88 Å². The number of methoxy groups -OCH3 is 1. The van der Waals surface area contributed by atoms with Gasteiger partial charge < -0.3 is 25.0 Å². The van der Waals surface area contributed by atoms with E-state index < -0.39 is 0 Å². The first kappa shape index (κ1) is 24.3. The number of ether oxygens (including phenoxy) is 2. The van der Waals surface area contributed by atoms with Crippen LogP contribution in [0.3, 0.4) is 0 Å². The summed E-state index contributed by atoms with van der Waals surface area (Å²) in [6, 6.07) is 12.2. The zero-order chi connectivity index (χ0) is 23.9. The number of amides is 2. The molecule has 1 aliphatic heterocycles. The Hall–Kier alpha value is -2.84. The summed E-state index contributed by atoms with van der Waals surface area (Å²) < 4.78 is 11.2. The summed E-state index contributed by atoms with van der Waals surface area (Å²) in [7, 11) is 3.93. The smallest absolute Gasteiger partial charge is 0.323 e. The van der Waals surface area contributed by atoms with Crippen molar-refractivity contribution in [2.24, 2.45) is 0 Å². The molecular formula is C26H37N5O3. The third kappa shape index (κ3) is 6.39. The first-order valence-corrected chi connectivity index (χ1v) is 12.3. The molecule has 8 nitrogen and oxygen atoms in total. The first-order valence-electron chi connectivity index (χ1n) is 12.3. The molecule has 2 heterocycles. The van der Waals surface area contributed by atoms with Crippen LogP contribution in [0.4, 0.5) is 21.9 Å². The third-order valence-corrected chi connectivity index (χ3v) is 6.92. The van der Waals surface area contributed by atoms with Crippen LogP contribution in [0.2, 0.25) is 0 Å². The first-order chi connectivity index (χ1) is 16.5. The highest BCUT2D eigenvalue weighted by Gasteiger charge is 2.28. The Kier molecular flexibility index (Phi) is 8.24. The summed E-state index contributed by atoms with van der Waals surface area (Å²) >= 11 is 0. The van der Waals surface area contributed by atoms with Crippen molar-refractivity contribution in [3.63, 3.8) is 0 Å². The number of aromatic nitrogens is 1. The monoisotopic (exact) mass is 467 g/mol. The van der Waals surface area contributed by atoms with E-state index in [1.165, 1.54) is 18.5 Å². The molecular weight excluding hydrogens is 430 g/mol. The number of likely N-dealkylation sites (N-methyl/N-ethyl adjacent to an activating group) is 1. The van der Waals surface area contributed by atoms with Crippen molar-refractivity contribution < 1.29 is 14.3 Å². The number of rotatable bonds is 9. The molecule has 1 aromatic heterocycles. The van der Waals surface area contributed by atoms with Crippen LogP contribution in [0, 0.1) is 0 Å². The predicted molar refractivity (Wildman–Crippen MR) is 136 cm³/mol. The second-order valence-corrected chi connectivity index (χ2v) is 9.39. The van der Waals surface area contributed by atoms with Crippen LogP contribution in [0.25, 0.3) is 0 Å². The quantitative estimate of drug-likeness (QED) is 0.562. The lowest BCUT2D eigenvalue weighted by molar-refractivity contribution is 0.0946. The van der Waals surface area contributed by atoms with Gasteiger partial charge in [-0.05, 0) is 76.4 Å². The third-order valence-electron chi connectivity index (χ3n) is 6.92. The molecule has 184 valence electrons. The molecule has 2 aromatic rings. The molecule has 0 bridgehead atoms. The van der Waals surface area contributed by atoms with Crippen LogP contribution in [-0.4, -0.2) is 68.0 Å². The number of nitrogens with zero attached hydrogens (tertiary/aromatic N) is 3. The van der Waals surface area contributed by atoms with Crippen LogP contribution in [0.1, 0.15) is 39.0 Å². The van der Waals surface area contributed by atoms with Gasteiger partial charge in [-0.15, -0.1) is 0 Å². The normalized spacial score (nSPS) is 19.4. The van der Waals surface area contributed by atoms with Crippen LogP contribution in [0.15, 0.2) is 42.6 Å². The van der Waals surface area contributed by atoms with Crippen LogP contribution >= 0.6 is 0 Å². The Morgan fingerprint density at radius 2 is 1.82 bits per heavy atom. The summed E-state index contributed by atoms with van der Waals surface area (Å²) in [6.45, 7) is 4.96. The Bertz CT molecular complexity index is 915. The van der Waals surface area contributed by atoms with Crippen LogP contribution in [-0.2, 0) is 4.74 Å². The number of carbonyl (C=O) groups excluding carboxylic acids is 1. The molecule has 2 fully saturated rings. The lowest BCUT2D eigenvalue weighted by atomic mass is 10.2. The molecule has 2 aliphatic rings. The highest BCUT2D eigenvalue weighted by molar-refractivity contribution is 5.99. The Morgan fingerprint density at radius 1 is 1.12 bits per heavy atom. The fourth-order valence-corrected chi connectivity index (χ4v) is 4.78. The molecule has 1 aromatic carbocycles. The molecule has 0 radical (unpaired) electrons. The second-order valence-electron chi connectivity index (χ2n) is 9.39. The van der Waals surface area contributed by atoms with Crippen molar-refractivity contribution in [3.8, 4) is 5.88 Å². The van der Waals surface area contributed by atoms with E-state index in [0.29, 0.717) is 23.7 Å². The fraction of sp³-hybridized carbons (Fsp3) is 0.538. The highest BCUT2D eigenvalue weighted by Crippen LogP contribution is 2.26.